The number of piperidine rings is 1. The molecule has 0 aliphatic carbocycles. The number of likely N-dealkylation sites (tertiary alicyclic amines) is 1. The molecule has 0 bridgehead atoms. The SMILES string of the molecule is Cc1ccc2[nH]c(C(=O)N3CCCCC3C)c(C)c2c1. The zero-order chi connectivity index (χ0) is 14.3. The van der Waals surface area contributed by atoms with Crippen molar-refractivity contribution in [2.24, 2.45) is 0 Å². The van der Waals surface area contributed by atoms with Gasteiger partial charge in [-0.1, -0.05) is 11.6 Å². The van der Waals surface area contributed by atoms with Crippen LogP contribution in [0.2, 0.25) is 0 Å². The standard InChI is InChI=1S/C17H22N2O/c1-11-7-8-15-14(10-11)13(3)16(18-15)17(20)19-9-5-4-6-12(19)2/h7-8,10,12,18H,4-6,9H2,1-3H3. The van der Waals surface area contributed by atoms with Crippen LogP contribution in [0.3, 0.4) is 0 Å². The molecule has 0 saturated carbocycles. The Bertz CT molecular complexity index is 656. The maximum atomic E-state index is 12.8. The minimum Gasteiger partial charge on any atom is -0.350 e. The summed E-state index contributed by atoms with van der Waals surface area (Å²) in [5.74, 6) is 0.156. The van der Waals surface area contributed by atoms with E-state index in [0.717, 1.165) is 41.5 Å². The Balaban J connectivity index is 2.01. The first-order chi connectivity index (χ1) is 9.58. The molecule has 106 valence electrons. The maximum absolute atomic E-state index is 12.8. The van der Waals surface area contributed by atoms with Crippen LogP contribution >= 0.6 is 0 Å². The van der Waals surface area contributed by atoms with Gasteiger partial charge in [-0.3, -0.25) is 4.79 Å². The number of aromatic amines is 1. The highest BCUT2D eigenvalue weighted by Crippen LogP contribution is 2.26. The molecule has 3 heteroatoms. The lowest BCUT2D eigenvalue weighted by molar-refractivity contribution is 0.0630. The molecule has 0 spiro atoms. The number of carbonyl (C=O) groups is 1. The van der Waals surface area contributed by atoms with Gasteiger partial charge in [0.1, 0.15) is 5.69 Å². The molecule has 1 atom stereocenters. The number of H-pyrrole nitrogens is 1. The Morgan fingerprint density at radius 2 is 2.10 bits per heavy atom. The van der Waals surface area contributed by atoms with E-state index in [2.05, 4.69) is 37.0 Å². The summed E-state index contributed by atoms with van der Waals surface area (Å²) in [6.07, 6.45) is 3.47. The molecule has 1 unspecified atom stereocenters. The summed E-state index contributed by atoms with van der Waals surface area (Å²) in [4.78, 5) is 18.1. The largest absolute Gasteiger partial charge is 0.350 e. The van der Waals surface area contributed by atoms with Gasteiger partial charge >= 0.3 is 0 Å². The van der Waals surface area contributed by atoms with Gasteiger partial charge in [0.15, 0.2) is 0 Å². The lowest BCUT2D eigenvalue weighted by atomic mass is 10.0. The highest BCUT2D eigenvalue weighted by Gasteiger charge is 2.26. The fourth-order valence-corrected chi connectivity index (χ4v) is 3.20. The Hall–Kier alpha value is -1.77. The average molecular weight is 270 g/mol. The third-order valence-corrected chi connectivity index (χ3v) is 4.49. The first-order valence-electron chi connectivity index (χ1n) is 7.48. The summed E-state index contributed by atoms with van der Waals surface area (Å²) in [6.45, 7) is 7.16. The summed E-state index contributed by atoms with van der Waals surface area (Å²) in [6, 6.07) is 6.64. The second-order valence-electron chi connectivity index (χ2n) is 6.02. The minimum absolute atomic E-state index is 0.156. The van der Waals surface area contributed by atoms with Gasteiger partial charge in [-0.2, -0.15) is 0 Å². The molecule has 3 nitrogen and oxygen atoms in total. The van der Waals surface area contributed by atoms with Crippen molar-refractivity contribution in [2.75, 3.05) is 6.54 Å². The molecule has 1 aliphatic heterocycles. The Morgan fingerprint density at radius 3 is 2.85 bits per heavy atom. The maximum Gasteiger partial charge on any atom is 0.270 e. The first-order valence-corrected chi connectivity index (χ1v) is 7.48. The molecule has 1 fully saturated rings. The Kier molecular flexibility index (Phi) is 3.28. The number of aromatic nitrogens is 1. The highest BCUT2D eigenvalue weighted by molar-refractivity contribution is 6.01. The van der Waals surface area contributed by atoms with E-state index >= 15 is 0 Å². The molecule has 1 aromatic heterocycles. The van der Waals surface area contributed by atoms with E-state index in [4.69, 9.17) is 0 Å². The first kappa shape index (κ1) is 13.2. The second kappa shape index (κ2) is 4.97. The minimum atomic E-state index is 0.156. The van der Waals surface area contributed by atoms with E-state index in [1.165, 1.54) is 12.0 Å². The summed E-state index contributed by atoms with van der Waals surface area (Å²) >= 11 is 0. The van der Waals surface area contributed by atoms with Crippen molar-refractivity contribution in [3.05, 3.63) is 35.0 Å². The molecule has 2 aromatic rings. The summed E-state index contributed by atoms with van der Waals surface area (Å²) in [5, 5.41) is 1.16. The van der Waals surface area contributed by atoms with Gasteiger partial charge in [0.25, 0.3) is 5.91 Å². The number of hydrogen-bond acceptors (Lipinski definition) is 1. The van der Waals surface area contributed by atoms with Crippen LogP contribution in [0.15, 0.2) is 18.2 Å². The van der Waals surface area contributed by atoms with Crippen molar-refractivity contribution >= 4 is 16.8 Å². The van der Waals surface area contributed by atoms with E-state index in [1.807, 2.05) is 11.8 Å². The molecule has 0 radical (unpaired) electrons. The lowest BCUT2D eigenvalue weighted by Crippen LogP contribution is -2.42. The molecule has 1 N–H and O–H groups in total. The predicted molar refractivity (Wildman–Crippen MR) is 82.1 cm³/mol. The van der Waals surface area contributed by atoms with Crippen LogP contribution in [0.25, 0.3) is 10.9 Å². The number of hydrogen-bond donors (Lipinski definition) is 1. The summed E-state index contributed by atoms with van der Waals surface area (Å²) in [7, 11) is 0. The fraction of sp³-hybridized carbons (Fsp3) is 0.471. The van der Waals surface area contributed by atoms with Crippen molar-refractivity contribution in [3.63, 3.8) is 0 Å². The highest BCUT2D eigenvalue weighted by atomic mass is 16.2. The normalized spacial score (nSPS) is 19.6. The van der Waals surface area contributed by atoms with E-state index in [0.29, 0.717) is 6.04 Å². The van der Waals surface area contributed by atoms with Gasteiger partial charge in [-0.25, -0.2) is 0 Å². The molecule has 2 heterocycles. The molecule has 1 saturated heterocycles. The van der Waals surface area contributed by atoms with Crippen molar-refractivity contribution in [1.82, 2.24) is 9.88 Å². The number of nitrogens with zero attached hydrogens (tertiary/aromatic N) is 1. The van der Waals surface area contributed by atoms with Crippen LogP contribution in [0, 0.1) is 13.8 Å². The smallest absolute Gasteiger partial charge is 0.270 e. The van der Waals surface area contributed by atoms with Crippen molar-refractivity contribution in [2.45, 2.75) is 46.1 Å². The Morgan fingerprint density at radius 1 is 1.30 bits per heavy atom. The van der Waals surface area contributed by atoms with E-state index < -0.39 is 0 Å². The van der Waals surface area contributed by atoms with Gasteiger partial charge in [0, 0.05) is 23.5 Å². The molecular formula is C17H22N2O. The average Bonchev–Trinajstić information content (AvgIpc) is 2.76. The summed E-state index contributed by atoms with van der Waals surface area (Å²) in [5.41, 5.74) is 4.12. The molecule has 20 heavy (non-hydrogen) atoms. The number of carbonyl (C=O) groups excluding carboxylic acids is 1. The summed E-state index contributed by atoms with van der Waals surface area (Å²) < 4.78 is 0. The van der Waals surface area contributed by atoms with Gasteiger partial charge < -0.3 is 9.88 Å². The zero-order valence-corrected chi connectivity index (χ0v) is 12.5. The van der Waals surface area contributed by atoms with Crippen LogP contribution in [0.4, 0.5) is 0 Å². The van der Waals surface area contributed by atoms with Crippen molar-refractivity contribution in [1.29, 1.82) is 0 Å². The molecule has 1 aliphatic rings. The third-order valence-electron chi connectivity index (χ3n) is 4.49. The quantitative estimate of drug-likeness (QED) is 0.840. The number of rotatable bonds is 1. The van der Waals surface area contributed by atoms with Crippen LogP contribution in [0.1, 0.15) is 47.8 Å². The number of benzene rings is 1. The lowest BCUT2D eigenvalue weighted by Gasteiger charge is -2.33. The zero-order valence-electron chi connectivity index (χ0n) is 12.5. The molecule has 1 amide bonds. The predicted octanol–water partition coefficient (Wildman–Crippen LogP) is 3.80. The van der Waals surface area contributed by atoms with Gasteiger partial charge in [-0.05, 0) is 57.7 Å². The monoisotopic (exact) mass is 270 g/mol. The van der Waals surface area contributed by atoms with E-state index in [9.17, 15) is 4.79 Å². The van der Waals surface area contributed by atoms with Crippen LogP contribution in [-0.2, 0) is 0 Å². The molecule has 1 aromatic carbocycles. The number of fused-ring (bicyclic) bond motifs is 1. The fourth-order valence-electron chi connectivity index (χ4n) is 3.20. The second-order valence-corrected chi connectivity index (χ2v) is 6.02. The van der Waals surface area contributed by atoms with Gasteiger partial charge in [-0.15, -0.1) is 0 Å². The third kappa shape index (κ3) is 2.11. The topological polar surface area (TPSA) is 36.1 Å². The number of nitrogens with one attached hydrogen (secondary N) is 1. The van der Waals surface area contributed by atoms with Crippen molar-refractivity contribution < 1.29 is 4.79 Å². The molecule has 3 rings (SSSR count). The van der Waals surface area contributed by atoms with Crippen LogP contribution in [0.5, 0.6) is 0 Å². The Labute approximate surface area is 120 Å². The van der Waals surface area contributed by atoms with E-state index in [1.54, 1.807) is 0 Å². The van der Waals surface area contributed by atoms with Crippen LogP contribution < -0.4 is 0 Å². The number of amides is 1. The van der Waals surface area contributed by atoms with Gasteiger partial charge in [0.2, 0.25) is 0 Å². The number of aryl methyl sites for hydroxylation is 2. The van der Waals surface area contributed by atoms with Gasteiger partial charge in [0.05, 0.1) is 0 Å². The van der Waals surface area contributed by atoms with E-state index in [-0.39, 0.29) is 5.91 Å². The van der Waals surface area contributed by atoms with Crippen molar-refractivity contribution in [3.8, 4) is 0 Å². The van der Waals surface area contributed by atoms with Crippen LogP contribution in [-0.4, -0.2) is 28.4 Å². The molecular weight excluding hydrogens is 248 g/mol.